The summed E-state index contributed by atoms with van der Waals surface area (Å²) >= 11 is 1.52. The molecular weight excluding hydrogens is 284 g/mol. The van der Waals surface area contributed by atoms with Crippen molar-refractivity contribution in [2.24, 2.45) is 17.8 Å². The lowest BCUT2D eigenvalue weighted by atomic mass is 9.75. The van der Waals surface area contributed by atoms with Gasteiger partial charge in [-0.05, 0) is 30.6 Å². The zero-order valence-corrected chi connectivity index (χ0v) is 13.6. The lowest BCUT2D eigenvalue weighted by Gasteiger charge is -2.36. The molecule has 3 rings (SSSR count). The van der Waals surface area contributed by atoms with E-state index in [0.717, 1.165) is 17.7 Å². The number of hydrogen-bond acceptors (Lipinski definition) is 4. The monoisotopic (exact) mass is 306 g/mol. The van der Waals surface area contributed by atoms with Gasteiger partial charge in [0.15, 0.2) is 16.9 Å². The van der Waals surface area contributed by atoms with Crippen LogP contribution < -0.4 is 4.74 Å². The first-order valence-corrected chi connectivity index (χ1v) is 8.55. The number of thiazole rings is 1. The lowest BCUT2D eigenvalue weighted by Crippen LogP contribution is -2.36. The standard InChI is InChI=1S/C16H22N2O2S/c1-10(2)12-5-4-11(3)8-14(12)20-15-13(9-19)18-6-7-21-16(18)17-15/h6-7,9-12,14H,4-5,8H2,1-3H3. The van der Waals surface area contributed by atoms with Gasteiger partial charge < -0.3 is 4.74 Å². The Kier molecular flexibility index (Phi) is 4.02. The Morgan fingerprint density at radius 2 is 2.29 bits per heavy atom. The highest BCUT2D eigenvalue weighted by atomic mass is 32.1. The van der Waals surface area contributed by atoms with Crippen LogP contribution in [0, 0.1) is 17.8 Å². The fourth-order valence-corrected chi connectivity index (χ4v) is 4.08. The Balaban J connectivity index is 1.88. The minimum absolute atomic E-state index is 0.164. The molecule has 4 nitrogen and oxygen atoms in total. The van der Waals surface area contributed by atoms with Gasteiger partial charge in [0, 0.05) is 11.6 Å². The maximum absolute atomic E-state index is 11.4. The van der Waals surface area contributed by atoms with E-state index >= 15 is 0 Å². The van der Waals surface area contributed by atoms with E-state index in [0.29, 0.717) is 29.3 Å². The van der Waals surface area contributed by atoms with E-state index in [1.54, 1.807) is 0 Å². The smallest absolute Gasteiger partial charge is 0.244 e. The number of hydrogen-bond donors (Lipinski definition) is 0. The summed E-state index contributed by atoms with van der Waals surface area (Å²) < 4.78 is 8.02. The highest BCUT2D eigenvalue weighted by Crippen LogP contribution is 2.36. The number of carbonyl (C=O) groups excluding carboxylic acids is 1. The minimum Gasteiger partial charge on any atom is -0.472 e. The van der Waals surface area contributed by atoms with Crippen molar-refractivity contribution in [3.63, 3.8) is 0 Å². The molecule has 0 bridgehead atoms. The SMILES string of the molecule is CC1CCC(C(C)C)C(Oc2nc3sccn3c2C=O)C1. The number of rotatable bonds is 4. The van der Waals surface area contributed by atoms with Gasteiger partial charge in [-0.25, -0.2) is 0 Å². The second kappa shape index (κ2) is 5.79. The summed E-state index contributed by atoms with van der Waals surface area (Å²) in [6, 6.07) is 0. The molecule has 3 unspecified atom stereocenters. The van der Waals surface area contributed by atoms with Gasteiger partial charge >= 0.3 is 0 Å². The molecule has 0 spiro atoms. The quantitative estimate of drug-likeness (QED) is 0.800. The number of imidazole rings is 1. The van der Waals surface area contributed by atoms with Crippen LogP contribution in [0.5, 0.6) is 5.88 Å². The minimum atomic E-state index is 0.164. The van der Waals surface area contributed by atoms with E-state index in [1.165, 1.54) is 24.2 Å². The first kappa shape index (κ1) is 14.6. The van der Waals surface area contributed by atoms with Crippen molar-refractivity contribution in [2.75, 3.05) is 0 Å². The van der Waals surface area contributed by atoms with Crippen LogP contribution in [-0.4, -0.2) is 21.8 Å². The fourth-order valence-electron chi connectivity index (χ4n) is 3.37. The molecule has 0 aliphatic heterocycles. The Hall–Kier alpha value is -1.36. The fraction of sp³-hybridized carbons (Fsp3) is 0.625. The summed E-state index contributed by atoms with van der Waals surface area (Å²) in [6.07, 6.45) is 6.39. The summed E-state index contributed by atoms with van der Waals surface area (Å²) in [5.41, 5.74) is 0.534. The Morgan fingerprint density at radius 1 is 1.48 bits per heavy atom. The molecule has 3 atom stereocenters. The third-order valence-corrected chi connectivity index (χ3v) is 5.36. The van der Waals surface area contributed by atoms with Crippen LogP contribution in [0.3, 0.4) is 0 Å². The molecule has 21 heavy (non-hydrogen) atoms. The number of ether oxygens (including phenoxy) is 1. The maximum Gasteiger partial charge on any atom is 0.244 e. The van der Waals surface area contributed by atoms with Gasteiger partial charge in [0.25, 0.3) is 0 Å². The van der Waals surface area contributed by atoms with Crippen LogP contribution in [0.25, 0.3) is 4.96 Å². The lowest BCUT2D eigenvalue weighted by molar-refractivity contribution is 0.0424. The molecule has 2 heterocycles. The average Bonchev–Trinajstić information content (AvgIpc) is 2.98. The molecule has 1 saturated carbocycles. The topological polar surface area (TPSA) is 43.6 Å². The van der Waals surface area contributed by atoms with Crippen molar-refractivity contribution in [1.82, 2.24) is 9.38 Å². The van der Waals surface area contributed by atoms with Crippen LogP contribution in [0.2, 0.25) is 0 Å². The number of fused-ring (bicyclic) bond motifs is 1. The van der Waals surface area contributed by atoms with Gasteiger partial charge in [-0.1, -0.05) is 27.2 Å². The average molecular weight is 306 g/mol. The number of nitrogens with zero attached hydrogens (tertiary/aromatic N) is 2. The van der Waals surface area contributed by atoms with E-state index in [9.17, 15) is 4.79 Å². The van der Waals surface area contributed by atoms with Crippen LogP contribution in [-0.2, 0) is 0 Å². The van der Waals surface area contributed by atoms with Gasteiger partial charge in [-0.2, -0.15) is 4.98 Å². The van der Waals surface area contributed by atoms with Gasteiger partial charge in [0.1, 0.15) is 6.10 Å². The van der Waals surface area contributed by atoms with Crippen molar-refractivity contribution in [1.29, 1.82) is 0 Å². The molecule has 5 heteroatoms. The zero-order valence-electron chi connectivity index (χ0n) is 12.8. The summed E-state index contributed by atoms with van der Waals surface area (Å²) in [6.45, 7) is 6.78. The van der Waals surface area contributed by atoms with Crippen LogP contribution in [0.4, 0.5) is 0 Å². The summed E-state index contributed by atoms with van der Waals surface area (Å²) in [4.78, 5) is 16.7. The van der Waals surface area contributed by atoms with Gasteiger partial charge in [0.2, 0.25) is 5.88 Å². The maximum atomic E-state index is 11.4. The normalized spacial score (nSPS) is 26.4. The molecule has 0 aromatic carbocycles. The summed E-state index contributed by atoms with van der Waals surface area (Å²) in [7, 11) is 0. The van der Waals surface area contributed by atoms with Crippen molar-refractivity contribution < 1.29 is 9.53 Å². The highest BCUT2D eigenvalue weighted by molar-refractivity contribution is 7.15. The van der Waals surface area contributed by atoms with Crippen LogP contribution in [0.15, 0.2) is 11.6 Å². The molecule has 2 aromatic heterocycles. The second-order valence-electron chi connectivity index (χ2n) is 6.46. The van der Waals surface area contributed by atoms with Gasteiger partial charge in [0.05, 0.1) is 0 Å². The molecule has 0 amide bonds. The molecule has 1 aliphatic carbocycles. The van der Waals surface area contributed by atoms with Crippen molar-refractivity contribution in [3.8, 4) is 5.88 Å². The van der Waals surface area contributed by atoms with Gasteiger partial charge in [-0.3, -0.25) is 9.20 Å². The van der Waals surface area contributed by atoms with Crippen LogP contribution >= 0.6 is 11.3 Å². The summed E-state index contributed by atoms with van der Waals surface area (Å²) in [5, 5.41) is 1.93. The van der Waals surface area contributed by atoms with E-state index in [4.69, 9.17) is 4.74 Å². The van der Waals surface area contributed by atoms with Crippen molar-refractivity contribution in [2.45, 2.75) is 46.1 Å². The predicted molar refractivity (Wildman–Crippen MR) is 84.2 cm³/mol. The predicted octanol–water partition coefficient (Wildman–Crippen LogP) is 4.05. The second-order valence-corrected chi connectivity index (χ2v) is 7.33. The number of aldehydes is 1. The molecule has 114 valence electrons. The molecule has 1 fully saturated rings. The molecule has 0 radical (unpaired) electrons. The van der Waals surface area contributed by atoms with E-state index in [2.05, 4.69) is 25.8 Å². The first-order valence-electron chi connectivity index (χ1n) is 7.67. The number of aromatic nitrogens is 2. The Labute approximate surface area is 129 Å². The largest absolute Gasteiger partial charge is 0.472 e. The molecule has 1 aliphatic rings. The van der Waals surface area contributed by atoms with Crippen molar-refractivity contribution >= 4 is 22.6 Å². The van der Waals surface area contributed by atoms with E-state index in [-0.39, 0.29) is 6.10 Å². The molecular formula is C16H22N2O2S. The molecule has 0 saturated heterocycles. The highest BCUT2D eigenvalue weighted by Gasteiger charge is 2.33. The van der Waals surface area contributed by atoms with Crippen molar-refractivity contribution in [3.05, 3.63) is 17.3 Å². The summed E-state index contributed by atoms with van der Waals surface area (Å²) in [5.74, 6) is 2.31. The Morgan fingerprint density at radius 3 is 3.00 bits per heavy atom. The van der Waals surface area contributed by atoms with E-state index < -0.39 is 0 Å². The molecule has 2 aromatic rings. The first-order chi connectivity index (χ1) is 10.1. The Bertz CT molecular complexity index is 631. The third-order valence-electron chi connectivity index (χ3n) is 4.60. The third kappa shape index (κ3) is 2.71. The van der Waals surface area contributed by atoms with Crippen LogP contribution in [0.1, 0.15) is 50.5 Å². The van der Waals surface area contributed by atoms with Gasteiger partial charge in [-0.15, -0.1) is 11.3 Å². The number of carbonyl (C=O) groups is 1. The zero-order chi connectivity index (χ0) is 15.0. The molecule has 0 N–H and O–H groups in total. The van der Waals surface area contributed by atoms with E-state index in [1.807, 2.05) is 16.0 Å².